The van der Waals surface area contributed by atoms with E-state index in [0.717, 1.165) is 24.2 Å². The minimum Gasteiger partial charge on any atom is -0.505 e. The van der Waals surface area contributed by atoms with E-state index in [4.69, 9.17) is 9.47 Å². The summed E-state index contributed by atoms with van der Waals surface area (Å²) in [5.74, 6) is -1.27. The number of nitrogens with zero attached hydrogens (tertiary/aromatic N) is 3. The van der Waals surface area contributed by atoms with Crippen LogP contribution < -0.4 is 5.56 Å². The van der Waals surface area contributed by atoms with E-state index in [9.17, 15) is 14.7 Å². The Bertz CT molecular complexity index is 1150. The van der Waals surface area contributed by atoms with E-state index >= 15 is 0 Å². The number of pyridine rings is 2. The largest absolute Gasteiger partial charge is 0.505 e. The lowest BCUT2D eigenvalue weighted by Crippen LogP contribution is -2.40. The maximum Gasteiger partial charge on any atom is 0.347 e. The number of ether oxygens (including phenoxy) is 2. The van der Waals surface area contributed by atoms with Gasteiger partial charge in [-0.2, -0.15) is 0 Å². The van der Waals surface area contributed by atoms with Gasteiger partial charge < -0.3 is 19.1 Å². The highest BCUT2D eigenvalue weighted by Crippen LogP contribution is 2.26. The van der Waals surface area contributed by atoms with E-state index in [2.05, 4.69) is 9.88 Å². The maximum atomic E-state index is 13.3. The minimum absolute atomic E-state index is 0.104. The number of hydrogen-bond donors (Lipinski definition) is 1. The molecule has 1 fully saturated rings. The molecule has 1 saturated heterocycles. The summed E-state index contributed by atoms with van der Waals surface area (Å²) in [6.07, 6.45) is 2.31. The molecule has 8 nitrogen and oxygen atoms in total. The standard InChI is InChI=1S/C24H27N3O5/c1-2-32-24(30)20-22(28)21-19(15-18(16-25-21)14-17-6-4-3-5-7-17)27(23(20)29)9-8-26-10-12-31-13-11-26/h3-7,15-16,28H,2,8-14H2,1H3. The van der Waals surface area contributed by atoms with Crippen molar-refractivity contribution < 1.29 is 19.4 Å². The molecule has 0 aliphatic carbocycles. The summed E-state index contributed by atoms with van der Waals surface area (Å²) in [6.45, 7) is 5.62. The molecule has 3 heterocycles. The van der Waals surface area contributed by atoms with Gasteiger partial charge in [-0.3, -0.25) is 14.7 Å². The van der Waals surface area contributed by atoms with Gasteiger partial charge in [0.15, 0.2) is 11.3 Å². The third-order valence-electron chi connectivity index (χ3n) is 5.61. The second kappa shape index (κ2) is 9.93. The van der Waals surface area contributed by atoms with Crippen LogP contribution in [0.15, 0.2) is 47.4 Å². The van der Waals surface area contributed by atoms with Gasteiger partial charge in [-0.25, -0.2) is 4.79 Å². The Labute approximate surface area is 186 Å². The highest BCUT2D eigenvalue weighted by Gasteiger charge is 2.25. The molecule has 0 amide bonds. The van der Waals surface area contributed by atoms with E-state index in [0.29, 0.717) is 38.2 Å². The van der Waals surface area contributed by atoms with Crippen LogP contribution in [0.4, 0.5) is 0 Å². The topological polar surface area (TPSA) is 93.9 Å². The Hall–Kier alpha value is -3.23. The van der Waals surface area contributed by atoms with Gasteiger partial charge in [-0.1, -0.05) is 30.3 Å². The zero-order valence-corrected chi connectivity index (χ0v) is 18.1. The van der Waals surface area contributed by atoms with Gasteiger partial charge in [0.25, 0.3) is 5.56 Å². The summed E-state index contributed by atoms with van der Waals surface area (Å²) >= 11 is 0. The van der Waals surface area contributed by atoms with Crippen LogP contribution in [0, 0.1) is 0 Å². The Morgan fingerprint density at radius 2 is 1.91 bits per heavy atom. The summed E-state index contributed by atoms with van der Waals surface area (Å²) < 4.78 is 11.9. The summed E-state index contributed by atoms with van der Waals surface area (Å²) in [4.78, 5) is 32.4. The van der Waals surface area contributed by atoms with Gasteiger partial charge >= 0.3 is 5.97 Å². The molecule has 3 aromatic rings. The van der Waals surface area contributed by atoms with Gasteiger partial charge in [0, 0.05) is 32.4 Å². The predicted octanol–water partition coefficient (Wildman–Crippen LogP) is 2.20. The van der Waals surface area contributed by atoms with Gasteiger partial charge in [0.05, 0.1) is 25.3 Å². The molecule has 0 atom stereocenters. The van der Waals surface area contributed by atoms with Crippen LogP contribution in [0.2, 0.25) is 0 Å². The van der Waals surface area contributed by atoms with Crippen LogP contribution >= 0.6 is 0 Å². The van der Waals surface area contributed by atoms with E-state index in [-0.39, 0.29) is 17.7 Å². The van der Waals surface area contributed by atoms with Crippen LogP contribution in [0.5, 0.6) is 5.75 Å². The number of aromatic nitrogens is 2. The SMILES string of the molecule is CCOC(=O)c1c(O)c2ncc(Cc3ccccc3)cc2n(CCN2CCOCC2)c1=O. The minimum atomic E-state index is -0.841. The first-order valence-electron chi connectivity index (χ1n) is 10.8. The third-order valence-corrected chi connectivity index (χ3v) is 5.61. The van der Waals surface area contributed by atoms with E-state index < -0.39 is 17.3 Å². The number of fused-ring (bicyclic) bond motifs is 1. The molecular formula is C24H27N3O5. The lowest BCUT2D eigenvalue weighted by Gasteiger charge is -2.27. The fourth-order valence-corrected chi connectivity index (χ4v) is 3.95. The highest BCUT2D eigenvalue weighted by atomic mass is 16.5. The number of morpholine rings is 1. The molecule has 0 radical (unpaired) electrons. The average Bonchev–Trinajstić information content (AvgIpc) is 2.80. The Balaban J connectivity index is 1.77. The van der Waals surface area contributed by atoms with Gasteiger partial charge in [0.1, 0.15) is 5.52 Å². The highest BCUT2D eigenvalue weighted by molar-refractivity contribution is 5.98. The second-order valence-corrected chi connectivity index (χ2v) is 7.73. The monoisotopic (exact) mass is 437 g/mol. The summed E-state index contributed by atoms with van der Waals surface area (Å²) in [6, 6.07) is 11.8. The molecule has 1 aliphatic rings. The van der Waals surface area contributed by atoms with Gasteiger partial charge in [-0.15, -0.1) is 0 Å². The van der Waals surface area contributed by atoms with Crippen LogP contribution in [0.3, 0.4) is 0 Å². The van der Waals surface area contributed by atoms with Crippen LogP contribution in [-0.2, 0) is 22.4 Å². The molecule has 0 spiro atoms. The van der Waals surface area contributed by atoms with Gasteiger partial charge in [0.2, 0.25) is 0 Å². The summed E-state index contributed by atoms with van der Waals surface area (Å²) in [5, 5.41) is 10.7. The van der Waals surface area contributed by atoms with Crippen LogP contribution in [-0.4, -0.2) is 65.0 Å². The van der Waals surface area contributed by atoms with Crippen molar-refractivity contribution in [2.24, 2.45) is 0 Å². The van der Waals surface area contributed by atoms with Crippen LogP contribution in [0.1, 0.15) is 28.4 Å². The van der Waals surface area contributed by atoms with Crippen molar-refractivity contribution in [3.63, 3.8) is 0 Å². The van der Waals surface area contributed by atoms with E-state index in [1.807, 2.05) is 36.4 Å². The second-order valence-electron chi connectivity index (χ2n) is 7.73. The third kappa shape index (κ3) is 4.66. The Morgan fingerprint density at radius 1 is 1.16 bits per heavy atom. The first-order valence-corrected chi connectivity index (χ1v) is 10.8. The van der Waals surface area contributed by atoms with E-state index in [1.165, 1.54) is 4.57 Å². The molecule has 1 aliphatic heterocycles. The quantitative estimate of drug-likeness (QED) is 0.567. The molecule has 0 unspecified atom stereocenters. The van der Waals surface area contributed by atoms with Crippen LogP contribution in [0.25, 0.3) is 11.0 Å². The van der Waals surface area contributed by atoms with Crippen molar-refractivity contribution in [3.05, 3.63) is 69.6 Å². The number of rotatable bonds is 7. The van der Waals surface area contributed by atoms with Crippen molar-refractivity contribution in [2.75, 3.05) is 39.5 Å². The van der Waals surface area contributed by atoms with Crippen molar-refractivity contribution in [3.8, 4) is 5.75 Å². The Morgan fingerprint density at radius 3 is 2.62 bits per heavy atom. The fraction of sp³-hybridized carbons (Fsp3) is 0.375. The number of esters is 1. The smallest absolute Gasteiger partial charge is 0.347 e. The first-order chi connectivity index (χ1) is 15.6. The molecular weight excluding hydrogens is 410 g/mol. The average molecular weight is 437 g/mol. The molecule has 1 aromatic carbocycles. The fourth-order valence-electron chi connectivity index (χ4n) is 3.95. The van der Waals surface area contributed by atoms with E-state index in [1.54, 1.807) is 13.1 Å². The lowest BCUT2D eigenvalue weighted by atomic mass is 10.1. The number of benzene rings is 1. The van der Waals surface area contributed by atoms with Crippen molar-refractivity contribution in [1.29, 1.82) is 0 Å². The molecule has 0 saturated carbocycles. The number of aromatic hydroxyl groups is 1. The molecule has 1 N–H and O–H groups in total. The zero-order chi connectivity index (χ0) is 22.5. The number of hydrogen-bond acceptors (Lipinski definition) is 7. The van der Waals surface area contributed by atoms with Crippen molar-refractivity contribution in [2.45, 2.75) is 19.9 Å². The molecule has 32 heavy (non-hydrogen) atoms. The first kappa shape index (κ1) is 22.0. The van der Waals surface area contributed by atoms with Crippen molar-refractivity contribution in [1.82, 2.24) is 14.5 Å². The molecule has 8 heteroatoms. The summed E-state index contributed by atoms with van der Waals surface area (Å²) in [5.41, 5.74) is 1.80. The Kier molecular flexibility index (Phi) is 6.82. The van der Waals surface area contributed by atoms with Gasteiger partial charge in [-0.05, 0) is 30.5 Å². The predicted molar refractivity (Wildman–Crippen MR) is 120 cm³/mol. The molecule has 0 bridgehead atoms. The zero-order valence-electron chi connectivity index (χ0n) is 18.1. The number of carbonyl (C=O) groups is 1. The summed E-state index contributed by atoms with van der Waals surface area (Å²) in [7, 11) is 0. The molecule has 4 rings (SSSR count). The molecule has 168 valence electrons. The normalized spacial score (nSPS) is 14.5. The molecule has 2 aromatic heterocycles. The number of carbonyl (C=O) groups excluding carboxylic acids is 1. The maximum absolute atomic E-state index is 13.3. The van der Waals surface area contributed by atoms with Crippen molar-refractivity contribution >= 4 is 17.0 Å². The lowest BCUT2D eigenvalue weighted by molar-refractivity contribution is 0.0364.